The van der Waals surface area contributed by atoms with Crippen LogP contribution < -0.4 is 11.5 Å². The Balaban J connectivity index is 1.97. The van der Waals surface area contributed by atoms with Crippen molar-refractivity contribution in [3.8, 4) is 0 Å². The summed E-state index contributed by atoms with van der Waals surface area (Å²) < 4.78 is 2.36. The van der Waals surface area contributed by atoms with E-state index in [0.29, 0.717) is 11.6 Å². The van der Waals surface area contributed by atoms with Gasteiger partial charge < -0.3 is 16.0 Å². The maximum Gasteiger partial charge on any atom is 0.280 e. The molecule has 4 rings (SSSR count). The van der Waals surface area contributed by atoms with E-state index >= 15 is 0 Å². The molecule has 0 fully saturated rings. The van der Waals surface area contributed by atoms with Crippen molar-refractivity contribution in [3.05, 3.63) is 60.2 Å². The Morgan fingerprint density at radius 3 is 2.60 bits per heavy atom. The zero-order chi connectivity index (χ0) is 17.4. The number of amides is 1. The van der Waals surface area contributed by atoms with Gasteiger partial charge in [-0.3, -0.25) is 4.79 Å². The molecular formula is C20H20N4O. The Labute approximate surface area is 145 Å². The number of nitrogens with zero attached hydrogens (tertiary/aromatic N) is 2. The molecule has 0 spiro atoms. The van der Waals surface area contributed by atoms with Gasteiger partial charge in [0.1, 0.15) is 0 Å². The number of carbonyl (C=O) groups excluding carboxylic acids is 1. The van der Waals surface area contributed by atoms with Gasteiger partial charge >= 0.3 is 0 Å². The first-order chi connectivity index (χ1) is 12.1. The number of nitrogens with two attached hydrogens (primary N) is 2. The number of hydrogen-bond acceptors (Lipinski definition) is 1. The number of aromatic nitrogens is 1. The lowest BCUT2D eigenvalue weighted by Crippen LogP contribution is -2.24. The van der Waals surface area contributed by atoms with E-state index in [1.54, 1.807) is 6.07 Å². The van der Waals surface area contributed by atoms with Crippen molar-refractivity contribution in [1.29, 1.82) is 0 Å². The van der Waals surface area contributed by atoms with Crippen LogP contribution in [0.1, 0.15) is 35.7 Å². The minimum atomic E-state index is -0.415. The van der Waals surface area contributed by atoms with Crippen LogP contribution in [0, 0.1) is 0 Å². The van der Waals surface area contributed by atoms with Crippen LogP contribution in [0.4, 0.5) is 0 Å². The Morgan fingerprint density at radius 2 is 1.84 bits per heavy atom. The summed E-state index contributed by atoms with van der Waals surface area (Å²) in [7, 11) is 0. The van der Waals surface area contributed by atoms with Crippen molar-refractivity contribution < 1.29 is 4.79 Å². The molecular weight excluding hydrogens is 312 g/mol. The molecule has 3 aromatic rings. The average Bonchev–Trinajstić information content (AvgIpc) is 2.95. The van der Waals surface area contributed by atoms with Crippen LogP contribution in [0.2, 0.25) is 0 Å². The fourth-order valence-electron chi connectivity index (χ4n) is 3.72. The molecule has 1 amide bonds. The van der Waals surface area contributed by atoms with Gasteiger partial charge in [-0.25, -0.2) is 0 Å². The summed E-state index contributed by atoms with van der Waals surface area (Å²) in [5.74, 6) is -0.634. The van der Waals surface area contributed by atoms with Gasteiger partial charge in [0, 0.05) is 27.9 Å². The Morgan fingerprint density at radius 1 is 1.04 bits per heavy atom. The Bertz CT molecular complexity index is 1020. The molecule has 1 unspecified atom stereocenters. The van der Waals surface area contributed by atoms with Crippen LogP contribution in [0.15, 0.2) is 59.6 Å². The molecule has 5 nitrogen and oxygen atoms in total. The zero-order valence-electron chi connectivity index (χ0n) is 13.9. The van der Waals surface area contributed by atoms with Crippen LogP contribution >= 0.6 is 0 Å². The second kappa shape index (κ2) is 6.09. The van der Waals surface area contributed by atoms with Gasteiger partial charge in [0.2, 0.25) is 0 Å². The summed E-state index contributed by atoms with van der Waals surface area (Å²) in [5, 5.41) is 2.35. The minimum Gasteiger partial charge on any atom is -0.370 e. The van der Waals surface area contributed by atoms with Crippen LogP contribution in [-0.2, 0) is 0 Å². The second-order valence-corrected chi connectivity index (χ2v) is 6.40. The van der Waals surface area contributed by atoms with Gasteiger partial charge in [-0.15, -0.1) is 0 Å². The maximum atomic E-state index is 12.2. The lowest BCUT2D eigenvalue weighted by molar-refractivity contribution is 0.100. The van der Waals surface area contributed by atoms with Crippen molar-refractivity contribution in [2.45, 2.75) is 25.3 Å². The van der Waals surface area contributed by atoms with E-state index < -0.39 is 5.91 Å². The molecule has 1 aliphatic carbocycles. The molecule has 4 N–H and O–H groups in total. The highest BCUT2D eigenvalue weighted by atomic mass is 16.1. The van der Waals surface area contributed by atoms with Gasteiger partial charge in [-0.05, 0) is 37.5 Å². The first-order valence-corrected chi connectivity index (χ1v) is 8.47. The second-order valence-electron chi connectivity index (χ2n) is 6.40. The van der Waals surface area contributed by atoms with E-state index in [9.17, 15) is 4.79 Å². The fourth-order valence-corrected chi connectivity index (χ4v) is 3.72. The van der Waals surface area contributed by atoms with Crippen molar-refractivity contribution in [2.24, 2.45) is 16.5 Å². The third-order valence-corrected chi connectivity index (χ3v) is 4.80. The quantitative estimate of drug-likeness (QED) is 0.428. The molecule has 1 aromatic heterocycles. The molecule has 0 radical (unpaired) electrons. The van der Waals surface area contributed by atoms with E-state index in [2.05, 4.69) is 39.9 Å². The minimum absolute atomic E-state index is 0.219. The SMILES string of the molecule is NC(N)=NC(=O)c1ccc2c3ccccc3n(C3CC=CCC3)c2c1. The van der Waals surface area contributed by atoms with Crippen molar-refractivity contribution in [2.75, 3.05) is 0 Å². The standard InChI is InChI=1S/C20H20N4O/c21-20(22)23-19(25)13-10-11-16-15-8-4-5-9-17(15)24(18(16)12-13)14-6-2-1-3-7-14/h1-2,4-5,8-12,14H,3,6-7H2,(H4,21,22,23,25). The summed E-state index contributed by atoms with van der Waals surface area (Å²) in [6.45, 7) is 0. The normalized spacial score (nSPS) is 17.0. The summed E-state index contributed by atoms with van der Waals surface area (Å²) >= 11 is 0. The number of allylic oxidation sites excluding steroid dienone is 2. The molecule has 126 valence electrons. The molecule has 25 heavy (non-hydrogen) atoms. The van der Waals surface area contributed by atoms with E-state index in [-0.39, 0.29) is 5.96 Å². The molecule has 0 saturated carbocycles. The fraction of sp³-hybridized carbons (Fsp3) is 0.200. The number of fused-ring (bicyclic) bond motifs is 3. The molecule has 2 aromatic carbocycles. The summed E-state index contributed by atoms with van der Waals surface area (Å²) in [5.41, 5.74) is 13.4. The molecule has 1 aliphatic rings. The largest absolute Gasteiger partial charge is 0.370 e. The van der Waals surface area contributed by atoms with Crippen molar-refractivity contribution >= 4 is 33.7 Å². The highest BCUT2D eigenvalue weighted by molar-refractivity contribution is 6.11. The highest BCUT2D eigenvalue weighted by Gasteiger charge is 2.19. The Kier molecular flexibility index (Phi) is 3.76. The lowest BCUT2D eigenvalue weighted by Gasteiger charge is -2.22. The van der Waals surface area contributed by atoms with Crippen molar-refractivity contribution in [1.82, 2.24) is 4.57 Å². The maximum absolute atomic E-state index is 12.2. The molecule has 0 aliphatic heterocycles. The molecule has 5 heteroatoms. The first kappa shape index (κ1) is 15.4. The van der Waals surface area contributed by atoms with Gasteiger partial charge in [0.25, 0.3) is 5.91 Å². The third kappa shape index (κ3) is 2.67. The van der Waals surface area contributed by atoms with Crippen LogP contribution in [0.25, 0.3) is 21.8 Å². The summed E-state index contributed by atoms with van der Waals surface area (Å²) in [6.07, 6.45) is 7.64. The number of carbonyl (C=O) groups is 1. The number of aliphatic imine (C=N–C) groups is 1. The first-order valence-electron chi connectivity index (χ1n) is 8.47. The third-order valence-electron chi connectivity index (χ3n) is 4.80. The average molecular weight is 332 g/mol. The van der Waals surface area contributed by atoms with E-state index in [1.165, 1.54) is 10.9 Å². The predicted molar refractivity (Wildman–Crippen MR) is 102 cm³/mol. The van der Waals surface area contributed by atoms with Crippen LogP contribution in [0.5, 0.6) is 0 Å². The zero-order valence-corrected chi connectivity index (χ0v) is 13.9. The smallest absolute Gasteiger partial charge is 0.280 e. The van der Waals surface area contributed by atoms with Gasteiger partial charge in [-0.1, -0.05) is 36.4 Å². The van der Waals surface area contributed by atoms with Gasteiger partial charge in [-0.2, -0.15) is 4.99 Å². The molecule has 0 saturated heterocycles. The highest BCUT2D eigenvalue weighted by Crippen LogP contribution is 2.36. The topological polar surface area (TPSA) is 86.4 Å². The number of guanidine groups is 1. The van der Waals surface area contributed by atoms with E-state index in [1.807, 2.05) is 18.2 Å². The van der Waals surface area contributed by atoms with Gasteiger partial charge in [0.05, 0.1) is 5.52 Å². The summed E-state index contributed by atoms with van der Waals surface area (Å²) in [4.78, 5) is 15.9. The van der Waals surface area contributed by atoms with Crippen LogP contribution in [0.3, 0.4) is 0 Å². The number of benzene rings is 2. The molecule has 1 atom stereocenters. The molecule has 0 bridgehead atoms. The molecule has 1 heterocycles. The van der Waals surface area contributed by atoms with E-state index in [0.717, 1.165) is 30.2 Å². The number of rotatable bonds is 2. The lowest BCUT2D eigenvalue weighted by atomic mass is 10.0. The van der Waals surface area contributed by atoms with E-state index in [4.69, 9.17) is 11.5 Å². The predicted octanol–water partition coefficient (Wildman–Crippen LogP) is 3.49. The monoisotopic (exact) mass is 332 g/mol. The Hall–Kier alpha value is -3.08. The van der Waals surface area contributed by atoms with Gasteiger partial charge in [0.15, 0.2) is 5.96 Å². The summed E-state index contributed by atoms with van der Waals surface area (Å²) in [6, 6.07) is 14.4. The van der Waals surface area contributed by atoms with Crippen LogP contribution in [-0.4, -0.2) is 16.4 Å². The number of para-hydroxylation sites is 1. The van der Waals surface area contributed by atoms with Crippen molar-refractivity contribution in [3.63, 3.8) is 0 Å². The number of hydrogen-bond donors (Lipinski definition) is 2.